The van der Waals surface area contributed by atoms with Crippen molar-refractivity contribution >= 4 is 22.7 Å². The molecule has 6 nitrogen and oxygen atoms in total. The van der Waals surface area contributed by atoms with E-state index >= 15 is 0 Å². The van der Waals surface area contributed by atoms with Crippen LogP contribution in [0.2, 0.25) is 0 Å². The number of nitrogens with zero attached hydrogens (tertiary/aromatic N) is 1. The molecule has 0 saturated carbocycles. The molecular weight excluding hydrogens is 342 g/mol. The zero-order valence-electron chi connectivity index (χ0n) is 15.3. The summed E-state index contributed by atoms with van der Waals surface area (Å²) in [5.74, 6) is -0.448. The van der Waals surface area contributed by atoms with E-state index in [1.807, 2.05) is 59.2 Å². The van der Waals surface area contributed by atoms with Crippen LogP contribution in [0.5, 0.6) is 0 Å². The van der Waals surface area contributed by atoms with Gasteiger partial charge < -0.3 is 19.9 Å². The fourth-order valence-corrected chi connectivity index (χ4v) is 2.96. The van der Waals surface area contributed by atoms with Gasteiger partial charge in [0, 0.05) is 30.3 Å². The van der Waals surface area contributed by atoms with Crippen LogP contribution in [0, 0.1) is 0 Å². The zero-order valence-corrected chi connectivity index (χ0v) is 15.3. The molecule has 0 fully saturated rings. The van der Waals surface area contributed by atoms with Gasteiger partial charge in [-0.05, 0) is 17.7 Å². The molecule has 3 rings (SSSR count). The average Bonchev–Trinajstić information content (AvgIpc) is 3.06. The Kier molecular flexibility index (Phi) is 6.22. The highest BCUT2D eigenvalue weighted by Gasteiger charge is 2.14. The molecule has 1 heterocycles. The van der Waals surface area contributed by atoms with E-state index < -0.39 is 0 Å². The molecular formula is C21H23N3O3. The van der Waals surface area contributed by atoms with Gasteiger partial charge in [-0.2, -0.15) is 0 Å². The molecule has 0 radical (unpaired) electrons. The maximum absolute atomic E-state index is 12.4. The van der Waals surface area contributed by atoms with Crippen LogP contribution in [0.15, 0.2) is 60.7 Å². The summed E-state index contributed by atoms with van der Waals surface area (Å²) in [4.78, 5) is 24.2. The van der Waals surface area contributed by atoms with E-state index in [-0.39, 0.29) is 24.9 Å². The van der Waals surface area contributed by atoms with Crippen LogP contribution in [-0.2, 0) is 20.9 Å². The largest absolute Gasteiger partial charge is 0.383 e. The zero-order chi connectivity index (χ0) is 19.1. The van der Waals surface area contributed by atoms with Crippen LogP contribution >= 0.6 is 0 Å². The topological polar surface area (TPSA) is 72.4 Å². The molecule has 2 amide bonds. The predicted molar refractivity (Wildman–Crippen MR) is 105 cm³/mol. The van der Waals surface area contributed by atoms with Gasteiger partial charge in [-0.1, -0.05) is 48.5 Å². The van der Waals surface area contributed by atoms with E-state index in [1.165, 1.54) is 0 Å². The van der Waals surface area contributed by atoms with Gasteiger partial charge in [-0.15, -0.1) is 0 Å². The molecule has 0 atom stereocenters. The summed E-state index contributed by atoms with van der Waals surface area (Å²) in [5.41, 5.74) is 2.99. The Morgan fingerprint density at radius 3 is 2.48 bits per heavy atom. The molecule has 1 aromatic heterocycles. The van der Waals surface area contributed by atoms with Gasteiger partial charge in [-0.25, -0.2) is 0 Å². The van der Waals surface area contributed by atoms with Crippen LogP contribution in [-0.4, -0.2) is 43.2 Å². The number of rotatable bonds is 8. The first kappa shape index (κ1) is 18.7. The van der Waals surface area contributed by atoms with E-state index in [1.54, 1.807) is 7.11 Å². The Balaban J connectivity index is 1.74. The molecule has 0 saturated heterocycles. The second kappa shape index (κ2) is 9.00. The minimum Gasteiger partial charge on any atom is -0.383 e. The number of fused-ring (bicyclic) bond motifs is 1. The fourth-order valence-electron chi connectivity index (χ4n) is 2.96. The van der Waals surface area contributed by atoms with E-state index in [0.29, 0.717) is 13.2 Å². The van der Waals surface area contributed by atoms with Gasteiger partial charge in [0.2, 0.25) is 11.8 Å². The van der Waals surface area contributed by atoms with Crippen molar-refractivity contribution in [3.8, 4) is 11.3 Å². The molecule has 2 N–H and O–H groups in total. The Hall–Kier alpha value is -3.12. The summed E-state index contributed by atoms with van der Waals surface area (Å²) in [6.45, 7) is 0.951. The van der Waals surface area contributed by atoms with Crippen molar-refractivity contribution < 1.29 is 14.3 Å². The Bertz CT molecular complexity index is 919. The van der Waals surface area contributed by atoms with Crippen LogP contribution < -0.4 is 10.6 Å². The normalized spacial score (nSPS) is 10.7. The number of carbonyl (C=O) groups excluding carboxylic acids is 2. The van der Waals surface area contributed by atoms with E-state index in [9.17, 15) is 9.59 Å². The molecule has 0 spiro atoms. The lowest BCUT2D eigenvalue weighted by atomic mass is 10.1. The number of para-hydroxylation sites is 1. The number of methoxy groups -OCH3 is 1. The molecule has 140 valence electrons. The Morgan fingerprint density at radius 1 is 0.963 bits per heavy atom. The van der Waals surface area contributed by atoms with Gasteiger partial charge in [-0.3, -0.25) is 9.59 Å². The lowest BCUT2D eigenvalue weighted by Gasteiger charge is -2.12. The number of nitrogens with one attached hydrogen (secondary N) is 2. The van der Waals surface area contributed by atoms with Crippen molar-refractivity contribution in [1.82, 2.24) is 15.2 Å². The quantitative estimate of drug-likeness (QED) is 0.601. The van der Waals surface area contributed by atoms with Gasteiger partial charge in [0.15, 0.2) is 0 Å². The lowest BCUT2D eigenvalue weighted by Crippen LogP contribution is -2.39. The molecule has 3 aromatic rings. The fraction of sp³-hybridized carbons (Fsp3) is 0.238. The number of carbonyl (C=O) groups is 2. The van der Waals surface area contributed by atoms with Gasteiger partial charge in [0.1, 0.15) is 6.54 Å². The summed E-state index contributed by atoms with van der Waals surface area (Å²) >= 11 is 0. The molecule has 27 heavy (non-hydrogen) atoms. The third-order valence-electron chi connectivity index (χ3n) is 4.26. The maximum atomic E-state index is 12.4. The Morgan fingerprint density at radius 2 is 1.70 bits per heavy atom. The number of benzene rings is 2. The molecule has 0 unspecified atom stereocenters. The number of hydrogen-bond donors (Lipinski definition) is 2. The monoisotopic (exact) mass is 365 g/mol. The number of aromatic nitrogens is 1. The molecule has 2 aromatic carbocycles. The SMILES string of the molecule is COCCNC(=O)CNC(=O)Cn1c(-c2ccccc2)cc2ccccc21. The second-order valence-corrected chi connectivity index (χ2v) is 6.16. The number of hydrogen-bond acceptors (Lipinski definition) is 3. The highest BCUT2D eigenvalue weighted by Crippen LogP contribution is 2.28. The minimum atomic E-state index is -0.235. The van der Waals surface area contributed by atoms with Crippen molar-refractivity contribution in [1.29, 1.82) is 0 Å². The van der Waals surface area contributed by atoms with E-state index in [0.717, 1.165) is 22.2 Å². The van der Waals surface area contributed by atoms with E-state index in [2.05, 4.69) is 16.7 Å². The summed E-state index contributed by atoms with van der Waals surface area (Å²) in [7, 11) is 1.57. The van der Waals surface area contributed by atoms with Gasteiger partial charge in [0.25, 0.3) is 0 Å². The molecule has 0 aliphatic heterocycles. The van der Waals surface area contributed by atoms with Crippen molar-refractivity contribution in [3.05, 3.63) is 60.7 Å². The minimum absolute atomic E-state index is 0.0532. The van der Waals surface area contributed by atoms with Gasteiger partial charge in [0.05, 0.1) is 13.2 Å². The summed E-state index contributed by atoms with van der Waals surface area (Å²) in [6.07, 6.45) is 0. The molecule has 0 bridgehead atoms. The third-order valence-corrected chi connectivity index (χ3v) is 4.26. The van der Waals surface area contributed by atoms with Crippen LogP contribution in [0.25, 0.3) is 22.2 Å². The smallest absolute Gasteiger partial charge is 0.240 e. The van der Waals surface area contributed by atoms with Crippen molar-refractivity contribution in [2.75, 3.05) is 26.8 Å². The second-order valence-electron chi connectivity index (χ2n) is 6.16. The molecule has 0 aliphatic rings. The third kappa shape index (κ3) is 4.74. The molecule has 6 heteroatoms. The first-order valence-corrected chi connectivity index (χ1v) is 8.85. The van der Waals surface area contributed by atoms with Gasteiger partial charge >= 0.3 is 0 Å². The Labute approximate surface area is 158 Å². The highest BCUT2D eigenvalue weighted by molar-refractivity contribution is 5.90. The number of ether oxygens (including phenoxy) is 1. The molecule has 0 aliphatic carbocycles. The first-order valence-electron chi connectivity index (χ1n) is 8.85. The van der Waals surface area contributed by atoms with E-state index in [4.69, 9.17) is 4.74 Å². The summed E-state index contributed by atoms with van der Waals surface area (Å²) in [5, 5.41) is 6.43. The summed E-state index contributed by atoms with van der Waals surface area (Å²) < 4.78 is 6.85. The van der Waals surface area contributed by atoms with Crippen LogP contribution in [0.3, 0.4) is 0 Å². The van der Waals surface area contributed by atoms with Crippen molar-refractivity contribution in [2.24, 2.45) is 0 Å². The van der Waals surface area contributed by atoms with Crippen LogP contribution in [0.1, 0.15) is 0 Å². The lowest BCUT2D eigenvalue weighted by molar-refractivity contribution is -0.126. The standard InChI is InChI=1S/C21H23N3O3/c1-27-12-11-22-20(25)14-23-21(26)15-24-18-10-6-5-9-17(18)13-19(24)16-7-3-2-4-8-16/h2-10,13H,11-12,14-15H2,1H3,(H,22,25)(H,23,26). The van der Waals surface area contributed by atoms with Crippen molar-refractivity contribution in [3.63, 3.8) is 0 Å². The maximum Gasteiger partial charge on any atom is 0.240 e. The van der Waals surface area contributed by atoms with Crippen LogP contribution in [0.4, 0.5) is 0 Å². The first-order chi connectivity index (χ1) is 13.2. The predicted octanol–water partition coefficient (Wildman–Crippen LogP) is 2.19. The average molecular weight is 365 g/mol. The van der Waals surface area contributed by atoms with Crippen molar-refractivity contribution in [2.45, 2.75) is 6.54 Å². The highest BCUT2D eigenvalue weighted by atomic mass is 16.5. The summed E-state index contributed by atoms with van der Waals surface area (Å²) in [6, 6.07) is 20.0. The number of amides is 2.